The summed E-state index contributed by atoms with van der Waals surface area (Å²) in [7, 11) is 0. The first-order valence-electron chi connectivity index (χ1n) is 8.42. The van der Waals surface area contributed by atoms with Gasteiger partial charge in [-0.3, -0.25) is 4.79 Å². The third kappa shape index (κ3) is 5.21. The molecule has 0 aliphatic carbocycles. The SMILES string of the molecule is Cc1ccnc(Oc2cc(NC(=O)CC3CSCCN3)ccc2C)c1. The Morgan fingerprint density at radius 2 is 2.24 bits per heavy atom. The van der Waals surface area contributed by atoms with E-state index < -0.39 is 0 Å². The van der Waals surface area contributed by atoms with Crippen LogP contribution < -0.4 is 15.4 Å². The van der Waals surface area contributed by atoms with Crippen LogP contribution in [0, 0.1) is 13.8 Å². The number of rotatable bonds is 5. The van der Waals surface area contributed by atoms with Crippen molar-refractivity contribution in [1.82, 2.24) is 10.3 Å². The summed E-state index contributed by atoms with van der Waals surface area (Å²) in [6.07, 6.45) is 2.21. The second kappa shape index (κ2) is 8.36. The maximum atomic E-state index is 12.3. The predicted molar refractivity (Wildman–Crippen MR) is 103 cm³/mol. The summed E-state index contributed by atoms with van der Waals surface area (Å²) in [5, 5.41) is 6.34. The third-order valence-electron chi connectivity index (χ3n) is 4.01. The second-order valence-electron chi connectivity index (χ2n) is 6.23. The van der Waals surface area contributed by atoms with Crippen LogP contribution in [0.3, 0.4) is 0 Å². The minimum atomic E-state index is 0.0171. The number of pyridine rings is 1. The molecule has 1 saturated heterocycles. The highest BCUT2D eigenvalue weighted by atomic mass is 32.2. The van der Waals surface area contributed by atoms with Crippen molar-refractivity contribution in [2.24, 2.45) is 0 Å². The van der Waals surface area contributed by atoms with Gasteiger partial charge in [0, 0.05) is 54.5 Å². The molecular formula is C19H23N3O2S. The number of thioether (sulfide) groups is 1. The van der Waals surface area contributed by atoms with Crippen LogP contribution in [-0.4, -0.2) is 35.0 Å². The van der Waals surface area contributed by atoms with Gasteiger partial charge in [-0.15, -0.1) is 0 Å². The van der Waals surface area contributed by atoms with E-state index in [0.717, 1.165) is 34.9 Å². The van der Waals surface area contributed by atoms with Crippen LogP contribution in [0.15, 0.2) is 36.5 Å². The highest BCUT2D eigenvalue weighted by Gasteiger charge is 2.17. The normalized spacial score (nSPS) is 17.1. The monoisotopic (exact) mass is 357 g/mol. The number of anilines is 1. The first-order valence-corrected chi connectivity index (χ1v) is 9.58. The maximum Gasteiger partial charge on any atom is 0.225 e. The van der Waals surface area contributed by atoms with Gasteiger partial charge in [0.25, 0.3) is 0 Å². The van der Waals surface area contributed by atoms with Gasteiger partial charge in [-0.25, -0.2) is 4.98 Å². The van der Waals surface area contributed by atoms with Gasteiger partial charge in [-0.2, -0.15) is 11.8 Å². The zero-order chi connectivity index (χ0) is 17.6. The van der Waals surface area contributed by atoms with Crippen LogP contribution in [0.2, 0.25) is 0 Å². The number of hydrogen-bond acceptors (Lipinski definition) is 5. The van der Waals surface area contributed by atoms with Crippen LogP contribution >= 0.6 is 11.8 Å². The molecule has 132 valence electrons. The van der Waals surface area contributed by atoms with E-state index in [9.17, 15) is 4.79 Å². The molecule has 1 fully saturated rings. The largest absolute Gasteiger partial charge is 0.439 e. The van der Waals surface area contributed by atoms with Gasteiger partial charge < -0.3 is 15.4 Å². The van der Waals surface area contributed by atoms with Crippen LogP contribution in [0.1, 0.15) is 17.5 Å². The number of benzene rings is 1. The minimum Gasteiger partial charge on any atom is -0.439 e. The van der Waals surface area contributed by atoms with Crippen molar-refractivity contribution in [3.05, 3.63) is 47.7 Å². The molecule has 6 heteroatoms. The zero-order valence-electron chi connectivity index (χ0n) is 14.5. The quantitative estimate of drug-likeness (QED) is 0.857. The van der Waals surface area contributed by atoms with Gasteiger partial charge >= 0.3 is 0 Å². The molecule has 2 N–H and O–H groups in total. The van der Waals surface area contributed by atoms with Crippen LogP contribution in [-0.2, 0) is 4.79 Å². The number of ether oxygens (including phenoxy) is 1. The smallest absolute Gasteiger partial charge is 0.225 e. The molecule has 1 unspecified atom stereocenters. The predicted octanol–water partition coefficient (Wildman–Crippen LogP) is 3.52. The lowest BCUT2D eigenvalue weighted by Gasteiger charge is -2.22. The van der Waals surface area contributed by atoms with Crippen molar-refractivity contribution in [3.8, 4) is 11.6 Å². The Morgan fingerprint density at radius 3 is 3.00 bits per heavy atom. The molecule has 1 amide bonds. The van der Waals surface area contributed by atoms with E-state index in [2.05, 4.69) is 15.6 Å². The van der Waals surface area contributed by atoms with Crippen molar-refractivity contribution >= 4 is 23.4 Å². The summed E-state index contributed by atoms with van der Waals surface area (Å²) in [5.41, 5.74) is 2.82. The Hall–Kier alpha value is -2.05. The molecule has 0 spiro atoms. The van der Waals surface area contributed by atoms with Crippen molar-refractivity contribution in [2.75, 3.05) is 23.4 Å². The van der Waals surface area contributed by atoms with Crippen LogP contribution in [0.25, 0.3) is 0 Å². The number of carbonyl (C=O) groups is 1. The molecule has 3 rings (SSSR count). The Bertz CT molecular complexity index is 745. The van der Waals surface area contributed by atoms with Crippen molar-refractivity contribution in [1.29, 1.82) is 0 Å². The molecule has 1 aromatic heterocycles. The van der Waals surface area contributed by atoms with E-state index in [1.807, 2.05) is 55.9 Å². The van der Waals surface area contributed by atoms with E-state index >= 15 is 0 Å². The van der Waals surface area contributed by atoms with Crippen molar-refractivity contribution in [2.45, 2.75) is 26.3 Å². The second-order valence-corrected chi connectivity index (χ2v) is 7.38. The molecule has 0 radical (unpaired) electrons. The maximum absolute atomic E-state index is 12.3. The number of aromatic nitrogens is 1. The molecular weight excluding hydrogens is 334 g/mol. The molecule has 5 nitrogen and oxygen atoms in total. The summed E-state index contributed by atoms with van der Waals surface area (Å²) < 4.78 is 5.88. The van der Waals surface area contributed by atoms with Gasteiger partial charge in [0.1, 0.15) is 5.75 Å². The summed E-state index contributed by atoms with van der Waals surface area (Å²) in [5.74, 6) is 3.36. The average Bonchev–Trinajstić information content (AvgIpc) is 2.59. The molecule has 1 aliphatic rings. The van der Waals surface area contributed by atoms with Gasteiger partial charge in [0.15, 0.2) is 0 Å². The molecule has 0 saturated carbocycles. The van der Waals surface area contributed by atoms with E-state index in [-0.39, 0.29) is 11.9 Å². The summed E-state index contributed by atoms with van der Waals surface area (Å²) in [4.78, 5) is 16.5. The van der Waals surface area contributed by atoms with E-state index in [0.29, 0.717) is 18.1 Å². The Balaban J connectivity index is 1.65. The van der Waals surface area contributed by atoms with Crippen molar-refractivity contribution < 1.29 is 9.53 Å². The minimum absolute atomic E-state index is 0.0171. The lowest BCUT2D eigenvalue weighted by molar-refractivity contribution is -0.116. The average molecular weight is 357 g/mol. The Labute approximate surface area is 152 Å². The van der Waals surface area contributed by atoms with E-state index in [4.69, 9.17) is 4.74 Å². The number of nitrogens with zero attached hydrogens (tertiary/aromatic N) is 1. The fraction of sp³-hybridized carbons (Fsp3) is 0.368. The first-order chi connectivity index (χ1) is 12.1. The van der Waals surface area contributed by atoms with Crippen molar-refractivity contribution in [3.63, 3.8) is 0 Å². The number of amides is 1. The third-order valence-corrected chi connectivity index (χ3v) is 5.14. The molecule has 25 heavy (non-hydrogen) atoms. The molecule has 2 heterocycles. The molecule has 0 bridgehead atoms. The molecule has 1 aliphatic heterocycles. The highest BCUT2D eigenvalue weighted by molar-refractivity contribution is 7.99. The Morgan fingerprint density at radius 1 is 1.36 bits per heavy atom. The first kappa shape index (κ1) is 17.8. The number of aryl methyl sites for hydroxylation is 2. The fourth-order valence-corrected chi connectivity index (χ4v) is 3.60. The number of carbonyl (C=O) groups excluding carboxylic acids is 1. The van der Waals surface area contributed by atoms with Gasteiger partial charge in [-0.05, 0) is 37.1 Å². The van der Waals surface area contributed by atoms with E-state index in [1.165, 1.54) is 0 Å². The molecule has 2 aromatic rings. The highest BCUT2D eigenvalue weighted by Crippen LogP contribution is 2.27. The lowest BCUT2D eigenvalue weighted by Crippen LogP contribution is -2.39. The Kier molecular flexibility index (Phi) is 5.94. The number of hydrogen-bond donors (Lipinski definition) is 2. The molecule has 1 aromatic carbocycles. The van der Waals surface area contributed by atoms with Crippen LogP contribution in [0.5, 0.6) is 11.6 Å². The van der Waals surface area contributed by atoms with E-state index in [1.54, 1.807) is 6.20 Å². The summed E-state index contributed by atoms with van der Waals surface area (Å²) in [6.45, 7) is 4.93. The zero-order valence-corrected chi connectivity index (χ0v) is 15.4. The lowest BCUT2D eigenvalue weighted by atomic mass is 10.2. The summed E-state index contributed by atoms with van der Waals surface area (Å²) >= 11 is 1.89. The topological polar surface area (TPSA) is 63.2 Å². The fourth-order valence-electron chi connectivity index (χ4n) is 2.65. The number of nitrogens with one attached hydrogen (secondary N) is 2. The molecule has 1 atom stereocenters. The van der Waals surface area contributed by atoms with Crippen LogP contribution in [0.4, 0.5) is 5.69 Å². The van der Waals surface area contributed by atoms with Gasteiger partial charge in [0.2, 0.25) is 11.8 Å². The van der Waals surface area contributed by atoms with Gasteiger partial charge in [0.05, 0.1) is 0 Å². The standard InChI is InChI=1S/C19H23N3O2S/c1-13-5-6-21-19(9-13)24-17-10-15(4-3-14(17)2)22-18(23)11-16-12-25-8-7-20-16/h3-6,9-10,16,20H,7-8,11-12H2,1-2H3,(H,22,23). The summed E-state index contributed by atoms with van der Waals surface area (Å²) in [6, 6.07) is 9.74. The van der Waals surface area contributed by atoms with Gasteiger partial charge in [-0.1, -0.05) is 6.07 Å².